The van der Waals surface area contributed by atoms with Gasteiger partial charge in [-0.3, -0.25) is 0 Å². The number of fused-ring (bicyclic) bond motifs is 3. The maximum atomic E-state index is 6.06. The molecule has 24 heavy (non-hydrogen) atoms. The number of hydrogen-bond donors (Lipinski definition) is 2. The molecule has 0 aromatic carbocycles. The van der Waals surface area contributed by atoms with Crippen LogP contribution in [-0.4, -0.2) is 36.1 Å². The molecule has 1 atom stereocenters. The summed E-state index contributed by atoms with van der Waals surface area (Å²) >= 11 is 1.89. The van der Waals surface area contributed by atoms with E-state index in [0.717, 1.165) is 43.7 Å². The Bertz CT molecular complexity index is 757. The summed E-state index contributed by atoms with van der Waals surface area (Å²) in [5.74, 6) is 1.45. The third-order valence-electron chi connectivity index (χ3n) is 5.29. The standard InChI is InChI=1S/C17H25N5S.ClH/c1-17(2)6-4-12-11(8-17)13-14(23-12)15(21-16(18)20-13)22-7-5-10(9-22)19-3;/h10,19H,4-9H2,1-3H3,(H2,18,20,21);1H/t10-;/m0./s1. The lowest BCUT2D eigenvalue weighted by molar-refractivity contribution is 0.319. The number of nitrogen functional groups attached to an aromatic ring is 1. The van der Waals surface area contributed by atoms with Crippen LogP contribution >= 0.6 is 23.7 Å². The third-order valence-corrected chi connectivity index (χ3v) is 6.57. The van der Waals surface area contributed by atoms with Crippen molar-refractivity contribution in [1.82, 2.24) is 15.3 Å². The predicted molar refractivity (Wildman–Crippen MR) is 105 cm³/mol. The topological polar surface area (TPSA) is 67.1 Å². The number of rotatable bonds is 2. The molecular weight excluding hydrogens is 342 g/mol. The van der Waals surface area contributed by atoms with Crippen LogP contribution in [0.4, 0.5) is 11.8 Å². The highest BCUT2D eigenvalue weighted by atomic mass is 35.5. The molecule has 7 heteroatoms. The highest BCUT2D eigenvalue weighted by molar-refractivity contribution is 7.19. The number of hydrogen-bond acceptors (Lipinski definition) is 6. The molecule has 132 valence electrons. The molecule has 2 aromatic heterocycles. The number of thiophene rings is 1. The van der Waals surface area contributed by atoms with E-state index in [-0.39, 0.29) is 12.4 Å². The van der Waals surface area contributed by atoms with Crippen molar-refractivity contribution < 1.29 is 0 Å². The smallest absolute Gasteiger partial charge is 0.222 e. The number of anilines is 2. The zero-order chi connectivity index (χ0) is 16.2. The van der Waals surface area contributed by atoms with Crippen molar-refractivity contribution in [2.24, 2.45) is 5.41 Å². The van der Waals surface area contributed by atoms with Crippen molar-refractivity contribution in [2.75, 3.05) is 30.8 Å². The summed E-state index contributed by atoms with van der Waals surface area (Å²) in [6.07, 6.45) is 4.65. The van der Waals surface area contributed by atoms with Gasteiger partial charge in [-0.2, -0.15) is 4.98 Å². The molecule has 2 aromatic rings. The second-order valence-electron chi connectivity index (χ2n) is 7.65. The van der Waals surface area contributed by atoms with Gasteiger partial charge >= 0.3 is 0 Å². The Morgan fingerprint density at radius 2 is 2.12 bits per heavy atom. The van der Waals surface area contributed by atoms with Crippen LogP contribution in [0, 0.1) is 5.41 Å². The highest BCUT2D eigenvalue weighted by Gasteiger charge is 2.31. The molecule has 1 saturated heterocycles. The first kappa shape index (κ1) is 17.7. The highest BCUT2D eigenvalue weighted by Crippen LogP contribution is 2.44. The average Bonchev–Trinajstić information content (AvgIpc) is 3.10. The van der Waals surface area contributed by atoms with Crippen molar-refractivity contribution in [3.63, 3.8) is 0 Å². The van der Waals surface area contributed by atoms with Gasteiger partial charge in [0.05, 0.1) is 10.2 Å². The molecule has 1 aliphatic heterocycles. The summed E-state index contributed by atoms with van der Waals surface area (Å²) in [4.78, 5) is 13.1. The number of nitrogens with two attached hydrogens (primary N) is 1. The predicted octanol–water partition coefficient (Wildman–Crippen LogP) is 3.01. The Balaban J connectivity index is 0.00000169. The van der Waals surface area contributed by atoms with E-state index < -0.39 is 0 Å². The van der Waals surface area contributed by atoms with Gasteiger partial charge in [0.1, 0.15) is 0 Å². The number of aromatic nitrogens is 2. The van der Waals surface area contributed by atoms with Crippen LogP contribution in [0.25, 0.3) is 10.2 Å². The average molecular weight is 368 g/mol. The maximum absolute atomic E-state index is 6.06. The molecule has 0 saturated carbocycles. The summed E-state index contributed by atoms with van der Waals surface area (Å²) in [6, 6.07) is 0.537. The van der Waals surface area contributed by atoms with Crippen molar-refractivity contribution in [1.29, 1.82) is 0 Å². The zero-order valence-electron chi connectivity index (χ0n) is 14.6. The monoisotopic (exact) mass is 367 g/mol. The lowest BCUT2D eigenvalue weighted by Crippen LogP contribution is -2.30. The summed E-state index contributed by atoms with van der Waals surface area (Å²) in [7, 11) is 2.03. The van der Waals surface area contributed by atoms with Crippen molar-refractivity contribution in [3.8, 4) is 0 Å². The van der Waals surface area contributed by atoms with E-state index in [1.165, 1.54) is 21.6 Å². The van der Waals surface area contributed by atoms with Gasteiger partial charge in [-0.05, 0) is 43.7 Å². The lowest BCUT2D eigenvalue weighted by atomic mass is 9.77. The number of nitrogens with zero attached hydrogens (tertiary/aromatic N) is 3. The van der Waals surface area contributed by atoms with Crippen LogP contribution in [0.1, 0.15) is 37.1 Å². The van der Waals surface area contributed by atoms with Crippen LogP contribution in [0.2, 0.25) is 0 Å². The Kier molecular flexibility index (Phi) is 4.66. The molecule has 3 N–H and O–H groups in total. The van der Waals surface area contributed by atoms with Gasteiger partial charge in [-0.1, -0.05) is 13.8 Å². The summed E-state index contributed by atoms with van der Waals surface area (Å²) in [5.41, 5.74) is 8.93. The molecule has 0 radical (unpaired) electrons. The molecule has 5 nitrogen and oxygen atoms in total. The molecular formula is C17H26ClN5S. The SMILES string of the molecule is CN[C@H]1CCN(c2nc(N)nc3c4c(sc23)CCC(C)(C)C4)C1.Cl. The Hall–Kier alpha value is -1.11. The van der Waals surface area contributed by atoms with E-state index in [1.54, 1.807) is 0 Å². The Morgan fingerprint density at radius 1 is 1.33 bits per heavy atom. The molecule has 0 spiro atoms. The van der Waals surface area contributed by atoms with Crippen molar-refractivity contribution in [2.45, 2.75) is 45.6 Å². The molecule has 3 heterocycles. The number of likely N-dealkylation sites (N-methyl/N-ethyl adjacent to an activating group) is 1. The fraction of sp³-hybridized carbons (Fsp3) is 0.647. The lowest BCUT2D eigenvalue weighted by Gasteiger charge is -2.29. The van der Waals surface area contributed by atoms with E-state index in [9.17, 15) is 0 Å². The van der Waals surface area contributed by atoms with Gasteiger partial charge < -0.3 is 16.0 Å². The van der Waals surface area contributed by atoms with E-state index >= 15 is 0 Å². The van der Waals surface area contributed by atoms with Crippen LogP contribution < -0.4 is 16.0 Å². The molecule has 4 rings (SSSR count). The fourth-order valence-corrected chi connectivity index (χ4v) is 5.15. The molecule has 0 amide bonds. The largest absolute Gasteiger partial charge is 0.368 e. The first-order valence-electron chi connectivity index (χ1n) is 8.47. The Morgan fingerprint density at radius 3 is 2.83 bits per heavy atom. The van der Waals surface area contributed by atoms with Gasteiger partial charge in [0.15, 0.2) is 5.82 Å². The molecule has 0 unspecified atom stereocenters. The van der Waals surface area contributed by atoms with Crippen molar-refractivity contribution in [3.05, 3.63) is 10.4 Å². The van der Waals surface area contributed by atoms with Crippen LogP contribution in [0.3, 0.4) is 0 Å². The van der Waals surface area contributed by atoms with E-state index in [2.05, 4.69) is 34.0 Å². The normalized spacial score (nSPS) is 22.5. The zero-order valence-corrected chi connectivity index (χ0v) is 16.2. The summed E-state index contributed by atoms with van der Waals surface area (Å²) in [6.45, 7) is 6.73. The third kappa shape index (κ3) is 2.95. The number of halogens is 1. The van der Waals surface area contributed by atoms with E-state index in [1.807, 2.05) is 18.4 Å². The summed E-state index contributed by atoms with van der Waals surface area (Å²) in [5, 5.41) is 3.37. The van der Waals surface area contributed by atoms with Gasteiger partial charge in [0.25, 0.3) is 0 Å². The minimum Gasteiger partial charge on any atom is -0.368 e. The van der Waals surface area contributed by atoms with E-state index in [4.69, 9.17) is 5.73 Å². The first-order chi connectivity index (χ1) is 11.0. The van der Waals surface area contributed by atoms with Gasteiger partial charge in [-0.15, -0.1) is 23.7 Å². The molecule has 1 aliphatic carbocycles. The van der Waals surface area contributed by atoms with Crippen LogP contribution in [0.5, 0.6) is 0 Å². The van der Waals surface area contributed by atoms with Crippen LogP contribution in [0.15, 0.2) is 0 Å². The quantitative estimate of drug-likeness (QED) is 0.854. The van der Waals surface area contributed by atoms with Gasteiger partial charge in [0, 0.05) is 24.0 Å². The van der Waals surface area contributed by atoms with Gasteiger partial charge in [-0.25, -0.2) is 4.98 Å². The molecule has 2 aliphatic rings. The minimum atomic E-state index is 0. The molecule has 1 fully saturated rings. The fourth-order valence-electron chi connectivity index (χ4n) is 3.88. The minimum absolute atomic E-state index is 0. The number of nitrogens with one attached hydrogen (secondary N) is 1. The first-order valence-corrected chi connectivity index (χ1v) is 9.28. The van der Waals surface area contributed by atoms with E-state index in [0.29, 0.717) is 17.4 Å². The van der Waals surface area contributed by atoms with Crippen LogP contribution in [-0.2, 0) is 12.8 Å². The van der Waals surface area contributed by atoms with Crippen molar-refractivity contribution >= 4 is 45.7 Å². The van der Waals surface area contributed by atoms with Gasteiger partial charge in [0.2, 0.25) is 5.95 Å². The summed E-state index contributed by atoms with van der Waals surface area (Å²) < 4.78 is 1.23. The number of aryl methyl sites for hydroxylation is 1. The Labute approximate surface area is 153 Å². The molecule has 0 bridgehead atoms. The second kappa shape index (κ2) is 6.32. The maximum Gasteiger partial charge on any atom is 0.222 e. The second-order valence-corrected chi connectivity index (χ2v) is 8.75.